The number of H-pyrrole nitrogens is 1. The number of amides is 2. The average Bonchev–Trinajstić information content (AvgIpc) is 3.08. The Labute approximate surface area is 174 Å². The molecular weight excluding hydrogens is 410 g/mol. The molecule has 0 aliphatic carbocycles. The molecule has 10 nitrogen and oxygen atoms in total. The van der Waals surface area contributed by atoms with E-state index >= 15 is 0 Å². The molecule has 1 aromatic heterocycles. The number of aromatic nitrogens is 2. The van der Waals surface area contributed by atoms with Crippen LogP contribution >= 0.6 is 0 Å². The molecule has 4 N–H and O–H groups in total. The minimum absolute atomic E-state index is 0.0783. The highest BCUT2D eigenvalue weighted by Gasteiger charge is 2.33. The lowest BCUT2D eigenvalue weighted by Gasteiger charge is -2.32. The Balaban J connectivity index is 1.98. The van der Waals surface area contributed by atoms with Gasteiger partial charge in [0.15, 0.2) is 5.69 Å². The second-order valence-electron chi connectivity index (χ2n) is 7.22. The molecular formula is C19H25N5O5S. The van der Waals surface area contributed by atoms with Crippen molar-refractivity contribution in [3.63, 3.8) is 0 Å². The summed E-state index contributed by atoms with van der Waals surface area (Å²) in [5.74, 6) is -1.25. The van der Waals surface area contributed by atoms with Gasteiger partial charge in [0.2, 0.25) is 10.0 Å². The van der Waals surface area contributed by atoms with Crippen LogP contribution in [0.5, 0.6) is 5.75 Å². The monoisotopic (exact) mass is 435 g/mol. The number of ether oxygens (including phenoxy) is 1. The van der Waals surface area contributed by atoms with Gasteiger partial charge in [0.05, 0.1) is 18.5 Å². The van der Waals surface area contributed by atoms with Crippen LogP contribution in [0.3, 0.4) is 0 Å². The number of nitrogens with two attached hydrogens (primary N) is 1. The molecule has 11 heteroatoms. The number of aryl methyl sites for hydroxylation is 1. The Kier molecular flexibility index (Phi) is 6.13. The Morgan fingerprint density at radius 1 is 1.33 bits per heavy atom. The Hall–Kier alpha value is -2.92. The highest BCUT2D eigenvalue weighted by Crippen LogP contribution is 2.32. The van der Waals surface area contributed by atoms with Gasteiger partial charge in [0.25, 0.3) is 11.8 Å². The molecule has 1 aliphatic heterocycles. The number of anilines is 1. The molecule has 0 radical (unpaired) electrons. The van der Waals surface area contributed by atoms with Crippen LogP contribution in [0.1, 0.15) is 52.7 Å². The number of aromatic amines is 1. The molecule has 2 amide bonds. The van der Waals surface area contributed by atoms with Gasteiger partial charge in [0.1, 0.15) is 10.6 Å². The zero-order chi connectivity index (χ0) is 22.1. The van der Waals surface area contributed by atoms with E-state index in [9.17, 15) is 18.0 Å². The summed E-state index contributed by atoms with van der Waals surface area (Å²) in [5, 5.41) is 8.95. The second-order valence-corrected chi connectivity index (χ2v) is 9.08. The lowest BCUT2D eigenvalue weighted by Crippen LogP contribution is -2.42. The van der Waals surface area contributed by atoms with Gasteiger partial charge in [0, 0.05) is 18.2 Å². The van der Waals surface area contributed by atoms with Crippen LogP contribution in [-0.2, 0) is 10.0 Å². The number of hydrogen-bond donors (Lipinski definition) is 3. The first-order valence-electron chi connectivity index (χ1n) is 9.52. The van der Waals surface area contributed by atoms with Crippen molar-refractivity contribution in [1.29, 1.82) is 0 Å². The molecule has 1 unspecified atom stereocenters. The van der Waals surface area contributed by atoms with E-state index in [4.69, 9.17) is 10.5 Å². The second kappa shape index (κ2) is 8.44. The van der Waals surface area contributed by atoms with E-state index < -0.39 is 21.8 Å². The molecule has 162 valence electrons. The van der Waals surface area contributed by atoms with Gasteiger partial charge in [-0.1, -0.05) is 6.42 Å². The fourth-order valence-corrected chi connectivity index (χ4v) is 5.40. The maximum atomic E-state index is 13.3. The molecule has 3 rings (SSSR count). The van der Waals surface area contributed by atoms with Crippen molar-refractivity contribution in [3.05, 3.63) is 35.2 Å². The SMILES string of the molecule is COc1ccc(C(=O)Nc2c(C(N)=O)n[nH]c2C)cc1S(=O)(=O)N1CCCCC1C. The van der Waals surface area contributed by atoms with Crippen molar-refractivity contribution in [2.45, 2.75) is 44.0 Å². The smallest absolute Gasteiger partial charge is 0.271 e. The fourth-order valence-electron chi connectivity index (χ4n) is 3.52. The minimum atomic E-state index is -3.87. The predicted molar refractivity (Wildman–Crippen MR) is 110 cm³/mol. The molecule has 2 heterocycles. The summed E-state index contributed by atoms with van der Waals surface area (Å²) >= 11 is 0. The van der Waals surface area contributed by atoms with Crippen molar-refractivity contribution < 1.29 is 22.7 Å². The van der Waals surface area contributed by atoms with Gasteiger partial charge in [-0.3, -0.25) is 14.7 Å². The third-order valence-corrected chi connectivity index (χ3v) is 7.21. The highest BCUT2D eigenvalue weighted by atomic mass is 32.2. The number of benzene rings is 1. The minimum Gasteiger partial charge on any atom is -0.495 e. The van der Waals surface area contributed by atoms with Crippen molar-refractivity contribution >= 4 is 27.5 Å². The maximum Gasteiger partial charge on any atom is 0.271 e. The molecule has 0 bridgehead atoms. The molecule has 1 fully saturated rings. The largest absolute Gasteiger partial charge is 0.495 e. The maximum absolute atomic E-state index is 13.3. The van der Waals surface area contributed by atoms with Gasteiger partial charge in [-0.05, 0) is 44.9 Å². The summed E-state index contributed by atoms with van der Waals surface area (Å²) in [5.41, 5.74) is 5.86. The van der Waals surface area contributed by atoms with E-state index in [1.165, 1.54) is 29.6 Å². The molecule has 30 heavy (non-hydrogen) atoms. The number of methoxy groups -OCH3 is 1. The Morgan fingerprint density at radius 2 is 2.07 bits per heavy atom. The van der Waals surface area contributed by atoms with Crippen LogP contribution in [0.4, 0.5) is 5.69 Å². The number of nitrogens with zero attached hydrogens (tertiary/aromatic N) is 2. The predicted octanol–water partition coefficient (Wildman–Crippen LogP) is 1.64. The quantitative estimate of drug-likeness (QED) is 0.628. The van der Waals surface area contributed by atoms with Gasteiger partial charge in [-0.2, -0.15) is 9.40 Å². The third-order valence-electron chi connectivity index (χ3n) is 5.17. The van der Waals surface area contributed by atoms with Crippen LogP contribution in [-0.4, -0.2) is 54.4 Å². The average molecular weight is 436 g/mol. The first kappa shape index (κ1) is 21.8. The summed E-state index contributed by atoms with van der Waals surface area (Å²) in [6, 6.07) is 4.03. The van der Waals surface area contributed by atoms with Gasteiger partial charge in [-0.15, -0.1) is 0 Å². The number of primary amides is 1. The van der Waals surface area contributed by atoms with E-state index in [0.717, 1.165) is 19.3 Å². The van der Waals surface area contributed by atoms with Crippen LogP contribution in [0.2, 0.25) is 0 Å². The van der Waals surface area contributed by atoms with Crippen LogP contribution in [0.25, 0.3) is 0 Å². The first-order valence-corrected chi connectivity index (χ1v) is 11.0. The zero-order valence-corrected chi connectivity index (χ0v) is 17.9. The molecule has 0 spiro atoms. The number of sulfonamides is 1. The molecule has 2 aromatic rings. The summed E-state index contributed by atoms with van der Waals surface area (Å²) < 4.78 is 33.3. The normalized spacial score (nSPS) is 17.5. The van der Waals surface area contributed by atoms with Gasteiger partial charge < -0.3 is 15.8 Å². The third kappa shape index (κ3) is 4.03. The number of carbonyl (C=O) groups is 2. The number of carbonyl (C=O) groups excluding carboxylic acids is 2. The van der Waals surface area contributed by atoms with E-state index in [-0.39, 0.29) is 33.6 Å². The Morgan fingerprint density at radius 3 is 2.70 bits per heavy atom. The van der Waals surface area contributed by atoms with E-state index in [2.05, 4.69) is 15.5 Å². The lowest BCUT2D eigenvalue weighted by atomic mass is 10.1. The zero-order valence-electron chi connectivity index (χ0n) is 17.1. The molecule has 1 saturated heterocycles. The van der Waals surface area contributed by atoms with E-state index in [0.29, 0.717) is 12.2 Å². The highest BCUT2D eigenvalue weighted by molar-refractivity contribution is 7.89. The van der Waals surface area contributed by atoms with Crippen LogP contribution in [0, 0.1) is 6.92 Å². The molecule has 0 saturated carbocycles. The summed E-state index contributed by atoms with van der Waals surface area (Å²) in [6.07, 6.45) is 2.53. The van der Waals surface area contributed by atoms with Gasteiger partial charge in [-0.25, -0.2) is 8.42 Å². The van der Waals surface area contributed by atoms with Crippen molar-refractivity contribution in [2.75, 3.05) is 19.0 Å². The standard InChI is InChI=1S/C19H25N5O5S/c1-11-6-4-5-9-24(11)30(27,28)15-10-13(7-8-14(15)29-3)19(26)21-16-12(2)22-23-17(16)18(20)25/h7-8,10-11H,4-6,9H2,1-3H3,(H2,20,25)(H,21,26)(H,22,23). The van der Waals surface area contributed by atoms with Gasteiger partial charge >= 0.3 is 0 Å². The van der Waals surface area contributed by atoms with Crippen molar-refractivity contribution in [1.82, 2.24) is 14.5 Å². The summed E-state index contributed by atoms with van der Waals surface area (Å²) in [6.45, 7) is 3.91. The Bertz CT molecular complexity index is 1080. The van der Waals surface area contributed by atoms with Crippen molar-refractivity contribution in [3.8, 4) is 5.75 Å². The van der Waals surface area contributed by atoms with Crippen molar-refractivity contribution in [2.24, 2.45) is 5.73 Å². The molecule has 1 aromatic carbocycles. The number of rotatable bonds is 6. The number of piperidine rings is 1. The van der Waals surface area contributed by atoms with Crippen LogP contribution in [0.15, 0.2) is 23.1 Å². The van der Waals surface area contributed by atoms with E-state index in [1.807, 2.05) is 6.92 Å². The first-order chi connectivity index (χ1) is 14.2. The summed E-state index contributed by atoms with van der Waals surface area (Å²) in [4.78, 5) is 24.2. The lowest BCUT2D eigenvalue weighted by molar-refractivity contribution is 0.0996. The summed E-state index contributed by atoms with van der Waals surface area (Å²) in [7, 11) is -2.49. The molecule has 1 atom stereocenters. The van der Waals surface area contributed by atoms with Crippen LogP contribution < -0.4 is 15.8 Å². The molecule has 1 aliphatic rings. The number of hydrogen-bond acceptors (Lipinski definition) is 6. The fraction of sp³-hybridized carbons (Fsp3) is 0.421. The van der Waals surface area contributed by atoms with E-state index in [1.54, 1.807) is 6.92 Å². The topological polar surface area (TPSA) is 147 Å². The number of nitrogens with one attached hydrogen (secondary N) is 2.